The van der Waals surface area contributed by atoms with Crippen LogP contribution in [0.2, 0.25) is 0 Å². The molecule has 1 aliphatic carbocycles. The monoisotopic (exact) mass is 291 g/mol. The molecule has 1 saturated carbocycles. The van der Waals surface area contributed by atoms with Crippen LogP contribution < -0.4 is 10.5 Å². The van der Waals surface area contributed by atoms with E-state index in [1.807, 2.05) is 37.3 Å². The van der Waals surface area contributed by atoms with Gasteiger partial charge in [0, 0.05) is 0 Å². The Morgan fingerprint density at radius 3 is 2.38 bits per heavy atom. The molecule has 116 valence electrons. The average Bonchev–Trinajstić information content (AvgIpc) is 2.99. The SMILES string of the molecule is C[C@H](N)C(=O)O[C@@H](C)[C@H](Oc1ccccc1)C1CCCC1. The molecule has 3 atom stereocenters. The molecule has 1 aromatic rings. The Labute approximate surface area is 126 Å². The van der Waals surface area contributed by atoms with Gasteiger partial charge < -0.3 is 15.2 Å². The summed E-state index contributed by atoms with van der Waals surface area (Å²) in [5, 5.41) is 0. The molecule has 0 amide bonds. The van der Waals surface area contributed by atoms with E-state index in [0.717, 1.165) is 18.6 Å². The first-order chi connectivity index (χ1) is 10.1. The predicted octanol–water partition coefficient (Wildman–Crippen LogP) is 2.90. The van der Waals surface area contributed by atoms with Gasteiger partial charge in [0.25, 0.3) is 0 Å². The molecule has 21 heavy (non-hydrogen) atoms. The lowest BCUT2D eigenvalue weighted by molar-refractivity contribution is -0.155. The lowest BCUT2D eigenvalue weighted by atomic mass is 9.96. The molecule has 0 radical (unpaired) electrons. The minimum absolute atomic E-state index is 0.113. The number of esters is 1. The topological polar surface area (TPSA) is 61.6 Å². The smallest absolute Gasteiger partial charge is 0.323 e. The van der Waals surface area contributed by atoms with Gasteiger partial charge in [0.2, 0.25) is 0 Å². The maximum Gasteiger partial charge on any atom is 0.323 e. The fraction of sp³-hybridized carbons (Fsp3) is 0.588. The second-order valence-electron chi connectivity index (χ2n) is 5.87. The van der Waals surface area contributed by atoms with Gasteiger partial charge in [-0.3, -0.25) is 4.79 Å². The zero-order valence-corrected chi connectivity index (χ0v) is 12.8. The summed E-state index contributed by atoms with van der Waals surface area (Å²) in [6.45, 7) is 3.53. The summed E-state index contributed by atoms with van der Waals surface area (Å²) in [6.07, 6.45) is 4.26. The zero-order valence-electron chi connectivity index (χ0n) is 12.8. The number of carbonyl (C=O) groups is 1. The molecule has 1 aliphatic rings. The van der Waals surface area contributed by atoms with Gasteiger partial charge in [-0.25, -0.2) is 0 Å². The standard InChI is InChI=1S/C17H25NO3/c1-12(18)17(19)20-13(2)16(14-8-6-7-9-14)21-15-10-4-3-5-11-15/h3-5,10-14,16H,6-9,18H2,1-2H3/t12-,13-,16-/m0/s1. The molecule has 0 spiro atoms. The van der Waals surface area contributed by atoms with E-state index < -0.39 is 6.04 Å². The highest BCUT2D eigenvalue weighted by Gasteiger charge is 2.33. The Morgan fingerprint density at radius 1 is 1.19 bits per heavy atom. The molecule has 0 heterocycles. The maximum atomic E-state index is 11.7. The second kappa shape index (κ2) is 7.46. The molecular formula is C17H25NO3. The van der Waals surface area contributed by atoms with E-state index in [-0.39, 0.29) is 18.2 Å². The molecule has 1 fully saturated rings. The summed E-state index contributed by atoms with van der Waals surface area (Å²) in [6, 6.07) is 9.11. The highest BCUT2D eigenvalue weighted by Crippen LogP contribution is 2.32. The van der Waals surface area contributed by atoms with Crippen LogP contribution in [0.4, 0.5) is 0 Å². The number of para-hydroxylation sites is 1. The normalized spacial score (nSPS) is 19.8. The molecule has 1 aromatic carbocycles. The van der Waals surface area contributed by atoms with Crippen LogP contribution in [-0.2, 0) is 9.53 Å². The highest BCUT2D eigenvalue weighted by atomic mass is 16.6. The molecule has 0 aromatic heterocycles. The molecule has 2 N–H and O–H groups in total. The molecule has 0 unspecified atom stereocenters. The molecule has 4 heteroatoms. The third kappa shape index (κ3) is 4.46. The van der Waals surface area contributed by atoms with Gasteiger partial charge in [-0.2, -0.15) is 0 Å². The van der Waals surface area contributed by atoms with Crippen LogP contribution in [0.25, 0.3) is 0 Å². The van der Waals surface area contributed by atoms with Crippen molar-refractivity contribution in [3.8, 4) is 5.75 Å². The number of carbonyl (C=O) groups excluding carboxylic acids is 1. The lowest BCUT2D eigenvalue weighted by Crippen LogP contribution is -2.41. The van der Waals surface area contributed by atoms with Gasteiger partial charge in [0.05, 0.1) is 0 Å². The summed E-state index contributed by atoms with van der Waals surface area (Å²) in [5.74, 6) is 0.876. The van der Waals surface area contributed by atoms with Crippen LogP contribution in [0.3, 0.4) is 0 Å². The van der Waals surface area contributed by atoms with E-state index in [1.165, 1.54) is 12.8 Å². The average molecular weight is 291 g/mol. The van der Waals surface area contributed by atoms with Gasteiger partial charge >= 0.3 is 5.97 Å². The number of hydrogen-bond donors (Lipinski definition) is 1. The number of ether oxygens (including phenoxy) is 2. The fourth-order valence-corrected chi connectivity index (χ4v) is 2.88. The second-order valence-corrected chi connectivity index (χ2v) is 5.87. The van der Waals surface area contributed by atoms with Crippen LogP contribution in [0.5, 0.6) is 5.75 Å². The van der Waals surface area contributed by atoms with Crippen LogP contribution in [0.15, 0.2) is 30.3 Å². The van der Waals surface area contributed by atoms with Gasteiger partial charge in [-0.1, -0.05) is 31.0 Å². The molecule has 0 bridgehead atoms. The van der Waals surface area contributed by atoms with Crippen molar-refractivity contribution in [1.29, 1.82) is 0 Å². The third-order valence-corrected chi connectivity index (χ3v) is 4.02. The predicted molar refractivity (Wildman–Crippen MR) is 82.0 cm³/mol. The fourth-order valence-electron chi connectivity index (χ4n) is 2.88. The first kappa shape index (κ1) is 15.8. The lowest BCUT2D eigenvalue weighted by Gasteiger charge is -2.30. The van der Waals surface area contributed by atoms with E-state index in [1.54, 1.807) is 6.92 Å². The van der Waals surface area contributed by atoms with E-state index >= 15 is 0 Å². The Balaban J connectivity index is 2.06. The van der Waals surface area contributed by atoms with Crippen LogP contribution in [-0.4, -0.2) is 24.2 Å². The van der Waals surface area contributed by atoms with Crippen molar-refractivity contribution in [1.82, 2.24) is 0 Å². The minimum atomic E-state index is -0.603. The van der Waals surface area contributed by atoms with E-state index in [9.17, 15) is 4.79 Å². The van der Waals surface area contributed by atoms with Crippen LogP contribution in [0, 0.1) is 5.92 Å². The van der Waals surface area contributed by atoms with Crippen molar-refractivity contribution in [2.75, 3.05) is 0 Å². The van der Waals surface area contributed by atoms with Crippen LogP contribution >= 0.6 is 0 Å². The first-order valence-electron chi connectivity index (χ1n) is 7.75. The minimum Gasteiger partial charge on any atom is -0.486 e. The Morgan fingerprint density at radius 2 is 1.81 bits per heavy atom. The quantitative estimate of drug-likeness (QED) is 0.819. The van der Waals surface area contributed by atoms with Crippen LogP contribution in [0.1, 0.15) is 39.5 Å². The number of hydrogen-bond acceptors (Lipinski definition) is 4. The number of nitrogens with two attached hydrogens (primary N) is 1. The van der Waals surface area contributed by atoms with Crippen molar-refractivity contribution in [2.45, 2.75) is 57.8 Å². The van der Waals surface area contributed by atoms with Gasteiger partial charge in [0.1, 0.15) is 24.0 Å². The van der Waals surface area contributed by atoms with Gasteiger partial charge in [-0.05, 0) is 44.7 Å². The molecule has 0 saturated heterocycles. The number of rotatable bonds is 6. The summed E-state index contributed by atoms with van der Waals surface area (Å²) in [7, 11) is 0. The molecule has 2 rings (SSSR count). The zero-order chi connectivity index (χ0) is 15.2. The largest absolute Gasteiger partial charge is 0.486 e. The molecule has 4 nitrogen and oxygen atoms in total. The summed E-state index contributed by atoms with van der Waals surface area (Å²) < 4.78 is 11.6. The van der Waals surface area contributed by atoms with Gasteiger partial charge in [-0.15, -0.1) is 0 Å². The summed E-state index contributed by atoms with van der Waals surface area (Å²) >= 11 is 0. The third-order valence-electron chi connectivity index (χ3n) is 4.02. The highest BCUT2D eigenvalue weighted by molar-refractivity contribution is 5.75. The van der Waals surface area contributed by atoms with Crippen molar-refractivity contribution in [3.05, 3.63) is 30.3 Å². The van der Waals surface area contributed by atoms with E-state index in [2.05, 4.69) is 0 Å². The molecular weight excluding hydrogens is 266 g/mol. The Kier molecular flexibility index (Phi) is 5.62. The maximum absolute atomic E-state index is 11.7. The van der Waals surface area contributed by atoms with Crippen molar-refractivity contribution in [3.63, 3.8) is 0 Å². The summed E-state index contributed by atoms with van der Waals surface area (Å²) in [4.78, 5) is 11.7. The van der Waals surface area contributed by atoms with Crippen molar-refractivity contribution in [2.24, 2.45) is 11.7 Å². The Bertz CT molecular complexity index is 441. The first-order valence-corrected chi connectivity index (χ1v) is 7.75. The van der Waals surface area contributed by atoms with Crippen molar-refractivity contribution >= 4 is 5.97 Å². The Hall–Kier alpha value is -1.55. The molecule has 0 aliphatic heterocycles. The summed E-state index contributed by atoms with van der Waals surface area (Å²) in [5.41, 5.74) is 5.58. The van der Waals surface area contributed by atoms with E-state index in [0.29, 0.717) is 5.92 Å². The van der Waals surface area contributed by atoms with Crippen molar-refractivity contribution < 1.29 is 14.3 Å². The van der Waals surface area contributed by atoms with Gasteiger partial charge in [0.15, 0.2) is 0 Å². The van der Waals surface area contributed by atoms with E-state index in [4.69, 9.17) is 15.2 Å². The number of benzene rings is 1.